The van der Waals surface area contributed by atoms with Crippen molar-refractivity contribution in [2.45, 2.75) is 32.0 Å². The number of amides is 1. The number of ketones is 1. The molecule has 1 amide bonds. The lowest BCUT2D eigenvalue weighted by Crippen LogP contribution is -2.45. The second-order valence-electron chi connectivity index (χ2n) is 8.26. The number of carboxylic acids is 1. The van der Waals surface area contributed by atoms with Gasteiger partial charge in [-0.15, -0.1) is 0 Å². The van der Waals surface area contributed by atoms with Crippen molar-refractivity contribution in [2.24, 2.45) is 5.16 Å². The van der Waals surface area contributed by atoms with Crippen LogP contribution in [0.3, 0.4) is 0 Å². The summed E-state index contributed by atoms with van der Waals surface area (Å²) in [6.07, 6.45) is -0.573. The third-order valence-corrected chi connectivity index (χ3v) is 5.62. The van der Waals surface area contributed by atoms with Crippen molar-refractivity contribution in [1.29, 1.82) is 0 Å². The van der Waals surface area contributed by atoms with Crippen LogP contribution in [0.5, 0.6) is 5.75 Å². The van der Waals surface area contributed by atoms with Gasteiger partial charge in [-0.25, -0.2) is 0 Å². The molecule has 8 heteroatoms. The van der Waals surface area contributed by atoms with Gasteiger partial charge in [-0.2, -0.15) is 0 Å². The number of benzene rings is 3. The topological polar surface area (TPSA) is 114 Å². The highest BCUT2D eigenvalue weighted by molar-refractivity contribution is 6.09. The SMILES string of the molecule is CC(=O)c1ccc(NC(=O)[C@]2(CC(=O)O)CC(c3ccc(OCc4ccccc4)cc3)=NO2)cc1. The molecule has 3 aromatic carbocycles. The van der Waals surface area contributed by atoms with Crippen LogP contribution in [0.25, 0.3) is 0 Å². The summed E-state index contributed by atoms with van der Waals surface area (Å²) in [7, 11) is 0. The van der Waals surface area contributed by atoms with E-state index in [0.717, 1.165) is 5.56 Å². The summed E-state index contributed by atoms with van der Waals surface area (Å²) in [6.45, 7) is 1.88. The fourth-order valence-electron chi connectivity index (χ4n) is 3.69. The molecule has 1 aliphatic rings. The number of rotatable bonds is 9. The number of hydrogen-bond donors (Lipinski definition) is 2. The molecule has 0 fully saturated rings. The van der Waals surface area contributed by atoms with E-state index in [1.54, 1.807) is 48.5 Å². The molecule has 35 heavy (non-hydrogen) atoms. The molecule has 0 bridgehead atoms. The van der Waals surface area contributed by atoms with Crippen molar-refractivity contribution < 1.29 is 29.1 Å². The normalized spacial score (nSPS) is 16.7. The molecule has 0 radical (unpaired) electrons. The molecule has 1 heterocycles. The van der Waals surface area contributed by atoms with Crippen LogP contribution in [0.4, 0.5) is 5.69 Å². The van der Waals surface area contributed by atoms with Crippen LogP contribution in [-0.2, 0) is 21.0 Å². The lowest BCUT2D eigenvalue weighted by Gasteiger charge is -2.23. The van der Waals surface area contributed by atoms with Crippen LogP contribution in [0.1, 0.15) is 41.3 Å². The quantitative estimate of drug-likeness (QED) is 0.445. The largest absolute Gasteiger partial charge is 0.489 e. The van der Waals surface area contributed by atoms with Gasteiger partial charge in [-0.1, -0.05) is 35.5 Å². The Morgan fingerprint density at radius 2 is 1.69 bits per heavy atom. The number of nitrogens with one attached hydrogen (secondary N) is 1. The van der Waals surface area contributed by atoms with Gasteiger partial charge in [0.05, 0.1) is 12.1 Å². The lowest BCUT2D eigenvalue weighted by atomic mass is 9.90. The maximum Gasteiger partial charge on any atom is 0.308 e. The number of ether oxygens (including phenoxy) is 1. The van der Waals surface area contributed by atoms with Crippen LogP contribution in [-0.4, -0.2) is 34.1 Å². The van der Waals surface area contributed by atoms with E-state index in [4.69, 9.17) is 9.57 Å². The predicted octanol–water partition coefficient (Wildman–Crippen LogP) is 4.44. The molecule has 4 rings (SSSR count). The van der Waals surface area contributed by atoms with Gasteiger partial charge in [0.25, 0.3) is 5.91 Å². The first-order chi connectivity index (χ1) is 16.8. The highest BCUT2D eigenvalue weighted by Gasteiger charge is 2.48. The molecule has 1 aliphatic heterocycles. The highest BCUT2D eigenvalue weighted by Crippen LogP contribution is 2.32. The van der Waals surface area contributed by atoms with E-state index in [2.05, 4.69) is 10.5 Å². The Morgan fingerprint density at radius 1 is 1.00 bits per heavy atom. The van der Waals surface area contributed by atoms with Crippen LogP contribution in [0.2, 0.25) is 0 Å². The first kappa shape index (κ1) is 23.7. The van der Waals surface area contributed by atoms with Crippen LogP contribution < -0.4 is 10.1 Å². The van der Waals surface area contributed by atoms with E-state index >= 15 is 0 Å². The number of hydrogen-bond acceptors (Lipinski definition) is 6. The minimum absolute atomic E-state index is 0.0130. The van der Waals surface area contributed by atoms with Crippen molar-refractivity contribution in [2.75, 3.05) is 5.32 Å². The van der Waals surface area contributed by atoms with Crippen molar-refractivity contribution in [3.63, 3.8) is 0 Å². The Morgan fingerprint density at radius 3 is 2.31 bits per heavy atom. The summed E-state index contributed by atoms with van der Waals surface area (Å²) in [5, 5.41) is 16.2. The summed E-state index contributed by atoms with van der Waals surface area (Å²) < 4.78 is 5.80. The number of oxime groups is 1. The van der Waals surface area contributed by atoms with Gasteiger partial charge in [0.2, 0.25) is 5.60 Å². The van der Waals surface area contributed by atoms with Crippen molar-refractivity contribution in [3.8, 4) is 5.75 Å². The summed E-state index contributed by atoms with van der Waals surface area (Å²) in [6, 6.07) is 23.3. The second-order valence-corrected chi connectivity index (χ2v) is 8.26. The first-order valence-electron chi connectivity index (χ1n) is 11.0. The zero-order valence-corrected chi connectivity index (χ0v) is 19.1. The van der Waals surface area contributed by atoms with E-state index < -0.39 is 23.9 Å². The number of carbonyl (C=O) groups excluding carboxylic acids is 2. The van der Waals surface area contributed by atoms with E-state index in [-0.39, 0.29) is 12.2 Å². The van der Waals surface area contributed by atoms with Gasteiger partial charge in [-0.05, 0) is 66.6 Å². The monoisotopic (exact) mass is 472 g/mol. The van der Waals surface area contributed by atoms with Crippen LogP contribution in [0.15, 0.2) is 84.0 Å². The maximum absolute atomic E-state index is 13.1. The van der Waals surface area contributed by atoms with Crippen molar-refractivity contribution in [1.82, 2.24) is 0 Å². The Bertz CT molecular complexity index is 1250. The fourth-order valence-corrected chi connectivity index (χ4v) is 3.69. The maximum atomic E-state index is 13.1. The Labute approximate surface area is 202 Å². The molecular formula is C27H24N2O6. The number of carbonyl (C=O) groups is 3. The molecule has 178 valence electrons. The number of Topliss-reactive ketones (excluding diaryl/α,β-unsaturated/α-hetero) is 1. The fraction of sp³-hybridized carbons (Fsp3) is 0.185. The van der Waals surface area contributed by atoms with Gasteiger partial charge < -0.3 is 20.0 Å². The summed E-state index contributed by atoms with van der Waals surface area (Å²) in [4.78, 5) is 41.5. The van der Waals surface area contributed by atoms with Gasteiger partial charge >= 0.3 is 5.97 Å². The van der Waals surface area contributed by atoms with Gasteiger partial charge in [0.15, 0.2) is 5.78 Å². The molecule has 0 spiro atoms. The highest BCUT2D eigenvalue weighted by atomic mass is 16.7. The van der Waals surface area contributed by atoms with Gasteiger partial charge in [-0.3, -0.25) is 14.4 Å². The number of carboxylic acid groups (broad SMARTS) is 1. The Hall–Kier alpha value is -4.46. The first-order valence-corrected chi connectivity index (χ1v) is 11.0. The molecule has 0 aliphatic carbocycles. The molecule has 1 atom stereocenters. The van der Waals surface area contributed by atoms with Gasteiger partial charge in [0.1, 0.15) is 12.4 Å². The standard InChI is InChI=1S/C27H24N2O6/c1-18(30)20-7-11-22(12-8-20)28-26(33)27(16-25(31)32)15-24(29-35-27)21-9-13-23(14-10-21)34-17-19-5-3-2-4-6-19/h2-14H,15-17H2,1H3,(H,28,33)(H,31,32)/t27-/m1/s1. The Balaban J connectivity index is 1.44. The zero-order chi connectivity index (χ0) is 24.8. The summed E-state index contributed by atoms with van der Waals surface area (Å²) >= 11 is 0. The van der Waals surface area contributed by atoms with Crippen molar-refractivity contribution >= 4 is 29.1 Å². The molecule has 3 aromatic rings. The average molecular weight is 472 g/mol. The number of nitrogens with zero attached hydrogens (tertiary/aromatic N) is 1. The lowest BCUT2D eigenvalue weighted by molar-refractivity contribution is -0.152. The zero-order valence-electron chi connectivity index (χ0n) is 19.1. The third kappa shape index (κ3) is 5.73. The van der Waals surface area contributed by atoms with E-state index in [9.17, 15) is 19.5 Å². The van der Waals surface area contributed by atoms with Gasteiger partial charge in [0, 0.05) is 17.7 Å². The molecule has 0 unspecified atom stereocenters. The molecular weight excluding hydrogens is 448 g/mol. The minimum atomic E-state index is -1.69. The molecule has 0 saturated heterocycles. The molecule has 2 N–H and O–H groups in total. The smallest absolute Gasteiger partial charge is 0.308 e. The molecule has 0 saturated carbocycles. The van der Waals surface area contributed by atoms with Crippen LogP contribution in [0, 0.1) is 0 Å². The minimum Gasteiger partial charge on any atom is -0.489 e. The van der Waals surface area contributed by atoms with Crippen molar-refractivity contribution in [3.05, 3.63) is 95.6 Å². The summed E-state index contributed by atoms with van der Waals surface area (Å²) in [5.74, 6) is -1.25. The average Bonchev–Trinajstić information content (AvgIpc) is 3.29. The number of anilines is 1. The molecule has 8 nitrogen and oxygen atoms in total. The van der Waals surface area contributed by atoms with E-state index in [1.807, 2.05) is 30.3 Å². The second kappa shape index (κ2) is 10.2. The molecule has 0 aromatic heterocycles. The van der Waals surface area contributed by atoms with E-state index in [0.29, 0.717) is 34.9 Å². The van der Waals surface area contributed by atoms with Crippen LogP contribution >= 0.6 is 0 Å². The predicted molar refractivity (Wildman–Crippen MR) is 130 cm³/mol. The summed E-state index contributed by atoms with van der Waals surface area (Å²) in [5.41, 5.74) is 1.43. The number of aliphatic carboxylic acids is 1. The van der Waals surface area contributed by atoms with E-state index in [1.165, 1.54) is 6.92 Å². The Kier molecular flexibility index (Phi) is 6.91. The third-order valence-electron chi connectivity index (χ3n) is 5.62.